The Hall–Kier alpha value is -1.59. The van der Waals surface area contributed by atoms with Gasteiger partial charge in [0.25, 0.3) is 5.91 Å². The van der Waals surface area contributed by atoms with E-state index in [0.717, 1.165) is 11.4 Å². The molecule has 19 heavy (non-hydrogen) atoms. The molecule has 1 aromatic carbocycles. The van der Waals surface area contributed by atoms with Gasteiger partial charge in [0.15, 0.2) is 0 Å². The standard InChI is InChI=1S/C13H14ClN3OS/c1-2-10(13-16-6-7-19-13)17-12(18)8-4-3-5-9(14)11(8)15/h3-7,10H,2,15H2,1H3,(H,17,18). The second-order valence-electron chi connectivity index (χ2n) is 4.01. The Morgan fingerprint density at radius 2 is 2.37 bits per heavy atom. The minimum absolute atomic E-state index is 0.106. The molecule has 0 saturated heterocycles. The zero-order chi connectivity index (χ0) is 13.8. The Labute approximate surface area is 120 Å². The molecule has 0 aliphatic heterocycles. The number of nitrogen functional groups attached to an aromatic ring is 1. The van der Waals surface area contributed by atoms with Crippen molar-refractivity contribution in [3.63, 3.8) is 0 Å². The van der Waals surface area contributed by atoms with Crippen LogP contribution in [0.25, 0.3) is 0 Å². The highest BCUT2D eigenvalue weighted by atomic mass is 35.5. The van der Waals surface area contributed by atoms with E-state index in [1.165, 1.54) is 11.3 Å². The van der Waals surface area contributed by atoms with E-state index in [4.69, 9.17) is 17.3 Å². The molecule has 1 heterocycles. The van der Waals surface area contributed by atoms with E-state index < -0.39 is 0 Å². The summed E-state index contributed by atoms with van der Waals surface area (Å²) in [6.45, 7) is 1.99. The van der Waals surface area contributed by atoms with Gasteiger partial charge in [0.05, 0.1) is 22.3 Å². The summed E-state index contributed by atoms with van der Waals surface area (Å²) >= 11 is 7.43. The number of hydrogen-bond acceptors (Lipinski definition) is 4. The lowest BCUT2D eigenvalue weighted by Crippen LogP contribution is -2.28. The van der Waals surface area contributed by atoms with Crippen LogP contribution in [0.5, 0.6) is 0 Å². The van der Waals surface area contributed by atoms with Crippen LogP contribution >= 0.6 is 22.9 Å². The van der Waals surface area contributed by atoms with Crippen LogP contribution in [0.3, 0.4) is 0 Å². The van der Waals surface area contributed by atoms with Gasteiger partial charge in [-0.05, 0) is 18.6 Å². The zero-order valence-corrected chi connectivity index (χ0v) is 12.0. The summed E-state index contributed by atoms with van der Waals surface area (Å²) in [5.41, 5.74) is 6.51. The Kier molecular flexibility index (Phi) is 4.39. The maximum absolute atomic E-state index is 12.2. The van der Waals surface area contributed by atoms with Crippen molar-refractivity contribution in [1.29, 1.82) is 0 Å². The predicted molar refractivity (Wildman–Crippen MR) is 78.5 cm³/mol. The van der Waals surface area contributed by atoms with Crippen molar-refractivity contribution >= 4 is 34.5 Å². The molecule has 0 radical (unpaired) electrons. The van der Waals surface area contributed by atoms with Crippen LogP contribution in [-0.2, 0) is 0 Å². The molecule has 0 aliphatic rings. The number of nitrogens with zero attached hydrogens (tertiary/aromatic N) is 1. The number of carbonyl (C=O) groups excluding carboxylic acids is 1. The van der Waals surface area contributed by atoms with Crippen LogP contribution in [0.2, 0.25) is 5.02 Å². The molecular formula is C13H14ClN3OS. The lowest BCUT2D eigenvalue weighted by molar-refractivity contribution is 0.0936. The summed E-state index contributed by atoms with van der Waals surface area (Å²) in [7, 11) is 0. The second kappa shape index (κ2) is 6.04. The Balaban J connectivity index is 2.18. The van der Waals surface area contributed by atoms with Gasteiger partial charge in [-0.3, -0.25) is 4.79 Å². The van der Waals surface area contributed by atoms with E-state index >= 15 is 0 Å². The Morgan fingerprint density at radius 1 is 1.58 bits per heavy atom. The maximum atomic E-state index is 12.2. The van der Waals surface area contributed by atoms with Gasteiger partial charge in [0.2, 0.25) is 0 Å². The highest BCUT2D eigenvalue weighted by molar-refractivity contribution is 7.09. The normalized spacial score (nSPS) is 12.1. The first-order valence-electron chi connectivity index (χ1n) is 5.87. The highest BCUT2D eigenvalue weighted by Crippen LogP contribution is 2.24. The van der Waals surface area contributed by atoms with Crippen molar-refractivity contribution in [3.05, 3.63) is 45.4 Å². The zero-order valence-electron chi connectivity index (χ0n) is 10.4. The summed E-state index contributed by atoms with van der Waals surface area (Å²) in [4.78, 5) is 16.4. The van der Waals surface area contributed by atoms with Gasteiger partial charge in [-0.1, -0.05) is 24.6 Å². The Bertz CT molecular complexity index is 571. The van der Waals surface area contributed by atoms with E-state index in [0.29, 0.717) is 16.3 Å². The first-order chi connectivity index (χ1) is 9.13. The fourth-order valence-corrected chi connectivity index (χ4v) is 2.66. The number of amides is 1. The van der Waals surface area contributed by atoms with Gasteiger partial charge in [-0.15, -0.1) is 11.3 Å². The van der Waals surface area contributed by atoms with Crippen LogP contribution in [0.4, 0.5) is 5.69 Å². The third-order valence-corrected chi connectivity index (χ3v) is 3.98. The number of anilines is 1. The minimum Gasteiger partial charge on any atom is -0.397 e. The maximum Gasteiger partial charge on any atom is 0.253 e. The molecular weight excluding hydrogens is 282 g/mol. The number of nitrogens with two attached hydrogens (primary N) is 1. The number of para-hydroxylation sites is 1. The molecule has 4 nitrogen and oxygen atoms in total. The molecule has 0 bridgehead atoms. The average Bonchev–Trinajstić information content (AvgIpc) is 2.92. The summed E-state index contributed by atoms with van der Waals surface area (Å²) in [6.07, 6.45) is 2.49. The number of halogens is 1. The number of aromatic nitrogens is 1. The minimum atomic E-state index is -0.234. The van der Waals surface area contributed by atoms with Crippen LogP contribution in [-0.4, -0.2) is 10.9 Å². The monoisotopic (exact) mass is 295 g/mol. The predicted octanol–water partition coefficient (Wildman–Crippen LogP) is 3.26. The molecule has 2 aromatic rings. The lowest BCUT2D eigenvalue weighted by Gasteiger charge is -2.15. The second-order valence-corrected chi connectivity index (χ2v) is 5.34. The number of carbonyl (C=O) groups is 1. The number of hydrogen-bond donors (Lipinski definition) is 2. The number of rotatable bonds is 4. The molecule has 0 saturated carbocycles. The van der Waals surface area contributed by atoms with E-state index in [1.807, 2.05) is 12.3 Å². The van der Waals surface area contributed by atoms with Crippen LogP contribution in [0.15, 0.2) is 29.8 Å². The molecule has 0 spiro atoms. The van der Waals surface area contributed by atoms with Gasteiger partial charge < -0.3 is 11.1 Å². The molecule has 1 aromatic heterocycles. The van der Waals surface area contributed by atoms with Crippen LogP contribution < -0.4 is 11.1 Å². The number of nitrogens with one attached hydrogen (secondary N) is 1. The molecule has 1 amide bonds. The molecule has 0 fully saturated rings. The third-order valence-electron chi connectivity index (χ3n) is 2.76. The third kappa shape index (κ3) is 3.05. The molecule has 1 unspecified atom stereocenters. The topological polar surface area (TPSA) is 68.0 Å². The molecule has 0 aliphatic carbocycles. The van der Waals surface area contributed by atoms with Crippen molar-refractivity contribution in [3.8, 4) is 0 Å². The average molecular weight is 296 g/mol. The van der Waals surface area contributed by atoms with Crippen molar-refractivity contribution < 1.29 is 4.79 Å². The van der Waals surface area contributed by atoms with E-state index in [2.05, 4.69) is 10.3 Å². The summed E-state index contributed by atoms with van der Waals surface area (Å²) in [5, 5.41) is 6.08. The van der Waals surface area contributed by atoms with Crippen molar-refractivity contribution in [2.75, 3.05) is 5.73 Å². The quantitative estimate of drug-likeness (QED) is 0.851. The van der Waals surface area contributed by atoms with Crippen molar-refractivity contribution in [1.82, 2.24) is 10.3 Å². The summed E-state index contributed by atoms with van der Waals surface area (Å²) in [5.74, 6) is -0.234. The fraction of sp³-hybridized carbons (Fsp3) is 0.231. The van der Waals surface area contributed by atoms with Gasteiger partial charge in [0, 0.05) is 11.6 Å². The highest BCUT2D eigenvalue weighted by Gasteiger charge is 2.18. The molecule has 1 atom stereocenters. The number of benzene rings is 1. The molecule has 100 valence electrons. The smallest absolute Gasteiger partial charge is 0.253 e. The van der Waals surface area contributed by atoms with Gasteiger partial charge in [0.1, 0.15) is 5.01 Å². The van der Waals surface area contributed by atoms with E-state index in [-0.39, 0.29) is 11.9 Å². The van der Waals surface area contributed by atoms with Gasteiger partial charge in [-0.2, -0.15) is 0 Å². The SMILES string of the molecule is CCC(NC(=O)c1cccc(Cl)c1N)c1nccs1. The molecule has 6 heteroatoms. The largest absolute Gasteiger partial charge is 0.397 e. The lowest BCUT2D eigenvalue weighted by atomic mass is 10.1. The van der Waals surface area contributed by atoms with Gasteiger partial charge in [-0.25, -0.2) is 4.98 Å². The Morgan fingerprint density at radius 3 is 3.00 bits per heavy atom. The first kappa shape index (κ1) is 13.8. The fourth-order valence-electron chi connectivity index (χ4n) is 1.72. The summed E-state index contributed by atoms with van der Waals surface area (Å²) in [6, 6.07) is 4.92. The van der Waals surface area contributed by atoms with E-state index in [9.17, 15) is 4.79 Å². The first-order valence-corrected chi connectivity index (χ1v) is 7.13. The van der Waals surface area contributed by atoms with Gasteiger partial charge >= 0.3 is 0 Å². The molecule has 2 rings (SSSR count). The van der Waals surface area contributed by atoms with Crippen LogP contribution in [0, 0.1) is 0 Å². The van der Waals surface area contributed by atoms with Crippen molar-refractivity contribution in [2.24, 2.45) is 0 Å². The van der Waals surface area contributed by atoms with Crippen LogP contribution in [0.1, 0.15) is 34.8 Å². The number of thiazole rings is 1. The van der Waals surface area contributed by atoms with E-state index in [1.54, 1.807) is 24.4 Å². The molecule has 3 N–H and O–H groups in total. The summed E-state index contributed by atoms with van der Waals surface area (Å²) < 4.78 is 0. The van der Waals surface area contributed by atoms with Crippen molar-refractivity contribution in [2.45, 2.75) is 19.4 Å².